The standard InChI is InChI=1S/C11H15BrN2O3S/c12-9-5-11(7-13-6-9)17-3-2-14-10-1-4-18(15,16)8-10/h5-7,10,14H,1-4,8H2. The highest BCUT2D eigenvalue weighted by atomic mass is 79.9. The van der Waals surface area contributed by atoms with Crippen LogP contribution in [0.3, 0.4) is 0 Å². The van der Waals surface area contributed by atoms with Crippen molar-refractivity contribution in [1.82, 2.24) is 10.3 Å². The fourth-order valence-corrected chi connectivity index (χ4v) is 3.91. The summed E-state index contributed by atoms with van der Waals surface area (Å²) in [5.41, 5.74) is 0. The highest BCUT2D eigenvalue weighted by Crippen LogP contribution is 2.15. The van der Waals surface area contributed by atoms with Gasteiger partial charge >= 0.3 is 0 Å². The van der Waals surface area contributed by atoms with Crippen molar-refractivity contribution < 1.29 is 13.2 Å². The van der Waals surface area contributed by atoms with E-state index in [2.05, 4.69) is 26.2 Å². The third-order valence-corrected chi connectivity index (χ3v) is 4.92. The monoisotopic (exact) mass is 334 g/mol. The van der Waals surface area contributed by atoms with E-state index in [0.29, 0.717) is 31.1 Å². The molecule has 1 aromatic heterocycles. The van der Waals surface area contributed by atoms with Crippen molar-refractivity contribution in [3.8, 4) is 5.75 Å². The SMILES string of the molecule is O=S1(=O)CCC(NCCOc2cncc(Br)c2)C1. The Kier molecular flexibility index (Phi) is 4.58. The van der Waals surface area contributed by atoms with Gasteiger partial charge in [0.1, 0.15) is 12.4 Å². The molecule has 1 atom stereocenters. The van der Waals surface area contributed by atoms with Crippen LogP contribution in [-0.4, -0.2) is 44.1 Å². The number of hydrogen-bond donors (Lipinski definition) is 1. The first-order valence-electron chi connectivity index (χ1n) is 5.72. The van der Waals surface area contributed by atoms with Gasteiger partial charge < -0.3 is 10.1 Å². The molecule has 1 aromatic rings. The Hall–Kier alpha value is -0.660. The van der Waals surface area contributed by atoms with E-state index in [4.69, 9.17) is 4.74 Å². The lowest BCUT2D eigenvalue weighted by molar-refractivity contribution is 0.306. The van der Waals surface area contributed by atoms with Crippen LogP contribution in [0.15, 0.2) is 22.9 Å². The predicted molar refractivity (Wildman–Crippen MR) is 72.5 cm³/mol. The van der Waals surface area contributed by atoms with Crippen LogP contribution in [-0.2, 0) is 9.84 Å². The number of sulfone groups is 1. The second kappa shape index (κ2) is 5.99. The van der Waals surface area contributed by atoms with Crippen LogP contribution in [0.5, 0.6) is 5.75 Å². The molecule has 0 radical (unpaired) electrons. The van der Waals surface area contributed by atoms with Crippen LogP contribution >= 0.6 is 15.9 Å². The fourth-order valence-electron chi connectivity index (χ4n) is 1.86. The summed E-state index contributed by atoms with van der Waals surface area (Å²) in [4.78, 5) is 3.99. The number of ether oxygens (including phenoxy) is 1. The zero-order valence-corrected chi connectivity index (χ0v) is 12.2. The van der Waals surface area contributed by atoms with Gasteiger partial charge in [-0.1, -0.05) is 0 Å². The Morgan fingerprint density at radius 3 is 3.00 bits per heavy atom. The second-order valence-electron chi connectivity index (χ2n) is 4.24. The van der Waals surface area contributed by atoms with Crippen LogP contribution < -0.4 is 10.1 Å². The average molecular weight is 335 g/mol. The summed E-state index contributed by atoms with van der Waals surface area (Å²) in [6.07, 6.45) is 4.03. The topological polar surface area (TPSA) is 68.3 Å². The molecule has 7 heteroatoms. The molecule has 1 aliphatic rings. The van der Waals surface area contributed by atoms with E-state index in [0.717, 1.165) is 4.47 Å². The number of halogens is 1. The third-order valence-electron chi connectivity index (χ3n) is 2.72. The van der Waals surface area contributed by atoms with Gasteiger partial charge in [-0.2, -0.15) is 0 Å². The smallest absolute Gasteiger partial charge is 0.151 e. The molecule has 2 heterocycles. The molecule has 0 bridgehead atoms. The number of nitrogens with one attached hydrogen (secondary N) is 1. The maximum absolute atomic E-state index is 11.2. The van der Waals surface area contributed by atoms with E-state index in [1.165, 1.54) is 0 Å². The van der Waals surface area contributed by atoms with Crippen LogP contribution in [0.4, 0.5) is 0 Å². The van der Waals surface area contributed by atoms with E-state index >= 15 is 0 Å². The summed E-state index contributed by atoms with van der Waals surface area (Å²) in [6, 6.07) is 1.91. The summed E-state index contributed by atoms with van der Waals surface area (Å²) in [6.45, 7) is 1.13. The molecule has 5 nitrogen and oxygen atoms in total. The maximum Gasteiger partial charge on any atom is 0.151 e. The van der Waals surface area contributed by atoms with Gasteiger partial charge in [0.2, 0.25) is 0 Å². The molecule has 0 spiro atoms. The number of pyridine rings is 1. The quantitative estimate of drug-likeness (QED) is 0.813. The van der Waals surface area contributed by atoms with Crippen LogP contribution in [0.2, 0.25) is 0 Å². The van der Waals surface area contributed by atoms with Crippen molar-refractivity contribution in [2.75, 3.05) is 24.7 Å². The van der Waals surface area contributed by atoms with Crippen molar-refractivity contribution in [1.29, 1.82) is 0 Å². The highest BCUT2D eigenvalue weighted by Gasteiger charge is 2.26. The molecule has 18 heavy (non-hydrogen) atoms. The first-order valence-corrected chi connectivity index (χ1v) is 8.34. The van der Waals surface area contributed by atoms with Crippen molar-refractivity contribution in [3.05, 3.63) is 22.9 Å². The van der Waals surface area contributed by atoms with Crippen LogP contribution in [0, 0.1) is 0 Å². The third kappa shape index (κ3) is 4.22. The molecule has 0 aliphatic carbocycles. The lowest BCUT2D eigenvalue weighted by Gasteiger charge is -2.11. The van der Waals surface area contributed by atoms with Gasteiger partial charge in [0, 0.05) is 23.3 Å². The Labute approximate surface area is 115 Å². The molecular formula is C11H15BrN2O3S. The van der Waals surface area contributed by atoms with E-state index in [1.807, 2.05) is 6.07 Å². The minimum atomic E-state index is -2.81. The Morgan fingerprint density at radius 1 is 1.50 bits per heavy atom. The molecule has 0 amide bonds. The molecule has 100 valence electrons. The summed E-state index contributed by atoms with van der Waals surface area (Å²) < 4.78 is 28.9. The predicted octanol–water partition coefficient (Wildman–Crippen LogP) is 1.000. The Bertz CT molecular complexity index is 507. The largest absolute Gasteiger partial charge is 0.491 e. The van der Waals surface area contributed by atoms with Gasteiger partial charge in [-0.3, -0.25) is 4.98 Å². The van der Waals surface area contributed by atoms with Gasteiger partial charge in [0.05, 0.1) is 17.7 Å². The first-order chi connectivity index (χ1) is 8.55. The van der Waals surface area contributed by atoms with Gasteiger partial charge in [0.15, 0.2) is 9.84 Å². The molecule has 0 saturated carbocycles. The maximum atomic E-state index is 11.2. The Morgan fingerprint density at radius 2 is 2.33 bits per heavy atom. The molecule has 2 rings (SSSR count). The first kappa shape index (κ1) is 13.8. The highest BCUT2D eigenvalue weighted by molar-refractivity contribution is 9.10. The summed E-state index contributed by atoms with van der Waals surface area (Å²) in [5.74, 6) is 1.23. The van der Waals surface area contributed by atoms with Crippen molar-refractivity contribution in [3.63, 3.8) is 0 Å². The zero-order chi connectivity index (χ0) is 13.0. The number of rotatable bonds is 5. The van der Waals surface area contributed by atoms with E-state index < -0.39 is 9.84 Å². The lowest BCUT2D eigenvalue weighted by Crippen LogP contribution is -2.33. The second-order valence-corrected chi connectivity index (χ2v) is 7.39. The summed E-state index contributed by atoms with van der Waals surface area (Å²) in [5, 5.41) is 3.19. The van der Waals surface area contributed by atoms with Crippen LogP contribution in [0.1, 0.15) is 6.42 Å². The Balaban J connectivity index is 1.68. The van der Waals surface area contributed by atoms with Crippen LogP contribution in [0.25, 0.3) is 0 Å². The molecule has 0 aromatic carbocycles. The normalized spacial score (nSPS) is 21.9. The number of nitrogens with zero attached hydrogens (tertiary/aromatic N) is 1. The fraction of sp³-hybridized carbons (Fsp3) is 0.545. The van der Waals surface area contributed by atoms with E-state index in [1.54, 1.807) is 12.4 Å². The minimum Gasteiger partial charge on any atom is -0.491 e. The van der Waals surface area contributed by atoms with Gasteiger partial charge in [0.25, 0.3) is 0 Å². The average Bonchev–Trinajstić information content (AvgIpc) is 2.65. The number of aromatic nitrogens is 1. The van der Waals surface area contributed by atoms with Gasteiger partial charge in [-0.05, 0) is 28.4 Å². The van der Waals surface area contributed by atoms with E-state index in [-0.39, 0.29) is 11.8 Å². The minimum absolute atomic E-state index is 0.0687. The summed E-state index contributed by atoms with van der Waals surface area (Å²) in [7, 11) is -2.81. The van der Waals surface area contributed by atoms with Crippen molar-refractivity contribution in [2.24, 2.45) is 0 Å². The lowest BCUT2D eigenvalue weighted by atomic mass is 10.3. The molecule has 1 fully saturated rings. The van der Waals surface area contributed by atoms with Gasteiger partial charge in [-0.15, -0.1) is 0 Å². The molecular weight excluding hydrogens is 320 g/mol. The van der Waals surface area contributed by atoms with E-state index in [9.17, 15) is 8.42 Å². The van der Waals surface area contributed by atoms with Crippen molar-refractivity contribution in [2.45, 2.75) is 12.5 Å². The molecule has 1 N–H and O–H groups in total. The van der Waals surface area contributed by atoms with Gasteiger partial charge in [-0.25, -0.2) is 8.42 Å². The molecule has 1 saturated heterocycles. The molecule has 1 aliphatic heterocycles. The van der Waals surface area contributed by atoms with Crippen molar-refractivity contribution >= 4 is 25.8 Å². The number of hydrogen-bond acceptors (Lipinski definition) is 5. The molecule has 1 unspecified atom stereocenters. The summed E-state index contributed by atoms with van der Waals surface area (Å²) >= 11 is 3.31. The zero-order valence-electron chi connectivity index (χ0n) is 9.80.